The highest BCUT2D eigenvalue weighted by atomic mass is 35.5. The molecule has 0 saturated carbocycles. The summed E-state index contributed by atoms with van der Waals surface area (Å²) in [6.45, 7) is 0.700. The lowest BCUT2D eigenvalue weighted by Gasteiger charge is -2.10. The van der Waals surface area contributed by atoms with Gasteiger partial charge in [0.15, 0.2) is 16.4 Å². The van der Waals surface area contributed by atoms with E-state index in [2.05, 4.69) is 5.32 Å². The maximum atomic E-state index is 12.1. The number of ether oxygens (including phenoxy) is 1. The van der Waals surface area contributed by atoms with Gasteiger partial charge in [-0.25, -0.2) is 13.2 Å². The maximum absolute atomic E-state index is 12.1. The van der Waals surface area contributed by atoms with Crippen LogP contribution < -0.4 is 5.32 Å². The minimum absolute atomic E-state index is 0.0390. The Kier molecular flexibility index (Phi) is 6.37. The quantitative estimate of drug-likeness (QED) is 0.426. The van der Waals surface area contributed by atoms with E-state index in [0.717, 1.165) is 6.26 Å². The van der Waals surface area contributed by atoms with Gasteiger partial charge in [0.2, 0.25) is 0 Å². The molecule has 0 bridgehead atoms. The molecule has 2 aromatic carbocycles. The Hall–Kier alpha value is -2.98. The highest BCUT2D eigenvalue weighted by Gasteiger charge is 2.20. The van der Waals surface area contributed by atoms with Crippen molar-refractivity contribution in [2.45, 2.75) is 11.8 Å². The first-order chi connectivity index (χ1) is 13.0. The van der Waals surface area contributed by atoms with Crippen molar-refractivity contribution in [1.82, 2.24) is 0 Å². The van der Waals surface area contributed by atoms with Crippen LogP contribution in [0.1, 0.15) is 15.9 Å². The molecule has 28 heavy (non-hydrogen) atoms. The molecule has 0 fully saturated rings. The number of amides is 1. The summed E-state index contributed by atoms with van der Waals surface area (Å²) >= 11 is 5.94. The number of sulfone groups is 1. The molecule has 0 unspecified atom stereocenters. The second-order valence-corrected chi connectivity index (χ2v) is 8.17. The summed E-state index contributed by atoms with van der Waals surface area (Å²) in [6.07, 6.45) is 1.00. The Bertz CT molecular complexity index is 1070. The second-order valence-electron chi connectivity index (χ2n) is 5.74. The summed E-state index contributed by atoms with van der Waals surface area (Å²) in [5.41, 5.74) is -0.138. The van der Waals surface area contributed by atoms with E-state index < -0.39 is 33.2 Å². The third-order valence-electron chi connectivity index (χ3n) is 3.70. The molecule has 9 nitrogen and oxygen atoms in total. The lowest BCUT2D eigenvalue weighted by molar-refractivity contribution is -0.385. The van der Waals surface area contributed by atoms with Gasteiger partial charge in [0.1, 0.15) is 0 Å². The highest BCUT2D eigenvalue weighted by Crippen LogP contribution is 2.25. The van der Waals surface area contributed by atoms with E-state index in [-0.39, 0.29) is 32.4 Å². The predicted octanol–water partition coefficient (Wildman–Crippen LogP) is 2.76. The molecular formula is C17H15ClN2O7S. The molecular weight excluding hydrogens is 412 g/mol. The minimum atomic E-state index is -3.51. The number of halogens is 1. The van der Waals surface area contributed by atoms with Crippen molar-refractivity contribution in [3.8, 4) is 0 Å². The number of anilines is 1. The molecule has 2 rings (SSSR count). The number of nitrogens with one attached hydrogen (secondary N) is 1. The number of nitro benzene ring substituents is 1. The number of carbonyl (C=O) groups excluding carboxylic acids is 2. The van der Waals surface area contributed by atoms with Crippen LogP contribution >= 0.6 is 11.6 Å². The van der Waals surface area contributed by atoms with Crippen LogP contribution in [0.5, 0.6) is 0 Å². The predicted molar refractivity (Wildman–Crippen MR) is 101 cm³/mol. The Morgan fingerprint density at radius 3 is 2.54 bits per heavy atom. The molecule has 0 aromatic heterocycles. The molecule has 0 aliphatic carbocycles. The van der Waals surface area contributed by atoms with E-state index in [9.17, 15) is 28.1 Å². The molecule has 11 heteroatoms. The van der Waals surface area contributed by atoms with Crippen LogP contribution in [-0.4, -0.2) is 38.1 Å². The summed E-state index contributed by atoms with van der Waals surface area (Å²) in [7, 11) is -3.51. The molecule has 148 valence electrons. The van der Waals surface area contributed by atoms with Gasteiger partial charge in [-0.15, -0.1) is 0 Å². The van der Waals surface area contributed by atoms with Gasteiger partial charge < -0.3 is 10.1 Å². The van der Waals surface area contributed by atoms with Crippen molar-refractivity contribution < 1.29 is 27.7 Å². The molecule has 2 aromatic rings. The van der Waals surface area contributed by atoms with Crippen molar-refractivity contribution in [1.29, 1.82) is 0 Å². The lowest BCUT2D eigenvalue weighted by atomic mass is 10.1. The molecule has 0 aliphatic rings. The Morgan fingerprint density at radius 1 is 1.25 bits per heavy atom. The van der Waals surface area contributed by atoms with Gasteiger partial charge in [-0.2, -0.15) is 0 Å². The number of carbonyl (C=O) groups is 2. The van der Waals surface area contributed by atoms with Crippen LogP contribution in [0.25, 0.3) is 0 Å². The summed E-state index contributed by atoms with van der Waals surface area (Å²) in [5.74, 6) is -1.67. The van der Waals surface area contributed by atoms with Gasteiger partial charge in [-0.05, 0) is 31.2 Å². The fourth-order valence-electron chi connectivity index (χ4n) is 2.27. The largest absolute Gasteiger partial charge is 0.452 e. The number of esters is 1. The zero-order valence-electron chi connectivity index (χ0n) is 14.8. The molecule has 1 N–H and O–H groups in total. The molecule has 1 amide bonds. The number of nitro groups is 1. The van der Waals surface area contributed by atoms with Crippen LogP contribution in [0, 0.1) is 17.0 Å². The minimum Gasteiger partial charge on any atom is -0.452 e. The monoisotopic (exact) mass is 426 g/mol. The van der Waals surface area contributed by atoms with Gasteiger partial charge in [0, 0.05) is 17.9 Å². The Morgan fingerprint density at radius 2 is 1.93 bits per heavy atom. The fourth-order valence-corrected chi connectivity index (χ4v) is 3.08. The van der Waals surface area contributed by atoms with E-state index in [4.69, 9.17) is 16.3 Å². The number of benzene rings is 2. The molecule has 0 saturated heterocycles. The van der Waals surface area contributed by atoms with E-state index >= 15 is 0 Å². The van der Waals surface area contributed by atoms with E-state index in [1.165, 1.54) is 43.3 Å². The van der Waals surface area contributed by atoms with Crippen LogP contribution in [0.2, 0.25) is 5.02 Å². The van der Waals surface area contributed by atoms with Gasteiger partial charge in [-0.1, -0.05) is 17.7 Å². The van der Waals surface area contributed by atoms with Crippen molar-refractivity contribution in [3.05, 3.63) is 62.7 Å². The summed E-state index contributed by atoms with van der Waals surface area (Å²) < 4.78 is 28.1. The topological polar surface area (TPSA) is 133 Å². The van der Waals surface area contributed by atoms with Gasteiger partial charge >= 0.3 is 5.97 Å². The summed E-state index contributed by atoms with van der Waals surface area (Å²) in [5, 5.41) is 13.4. The van der Waals surface area contributed by atoms with E-state index in [1.54, 1.807) is 0 Å². The zero-order chi connectivity index (χ0) is 21.1. The number of hydrogen-bond acceptors (Lipinski definition) is 7. The van der Waals surface area contributed by atoms with Crippen LogP contribution in [0.15, 0.2) is 41.3 Å². The van der Waals surface area contributed by atoms with E-state index in [0.29, 0.717) is 0 Å². The lowest BCUT2D eigenvalue weighted by Crippen LogP contribution is -2.21. The maximum Gasteiger partial charge on any atom is 0.339 e. The average molecular weight is 427 g/mol. The SMILES string of the molecule is Cc1c(C(=O)OCC(=O)Nc2cc(S(C)(=O)=O)ccc2Cl)cccc1[N+](=O)[O-]. The molecule has 0 spiro atoms. The van der Waals surface area contributed by atoms with E-state index in [1.807, 2.05) is 0 Å². The zero-order valence-corrected chi connectivity index (χ0v) is 16.3. The van der Waals surface area contributed by atoms with Crippen molar-refractivity contribution in [3.63, 3.8) is 0 Å². The number of nitrogens with zero attached hydrogens (tertiary/aromatic N) is 1. The summed E-state index contributed by atoms with van der Waals surface area (Å²) in [6, 6.07) is 7.70. The third-order valence-corrected chi connectivity index (χ3v) is 5.14. The van der Waals surface area contributed by atoms with Crippen molar-refractivity contribution in [2.75, 3.05) is 18.2 Å². The Balaban J connectivity index is 2.09. The Labute approximate surface area is 165 Å². The first-order valence-corrected chi connectivity index (χ1v) is 9.98. The third kappa shape index (κ3) is 5.05. The van der Waals surface area contributed by atoms with Crippen molar-refractivity contribution >= 4 is 44.7 Å². The molecule has 0 heterocycles. The molecule has 0 atom stereocenters. The van der Waals surface area contributed by atoms with Crippen LogP contribution in [0.3, 0.4) is 0 Å². The first kappa shape index (κ1) is 21.3. The van der Waals surface area contributed by atoms with Crippen LogP contribution in [0.4, 0.5) is 11.4 Å². The summed E-state index contributed by atoms with van der Waals surface area (Å²) in [4.78, 5) is 34.4. The van der Waals surface area contributed by atoms with Gasteiger partial charge in [-0.3, -0.25) is 14.9 Å². The average Bonchev–Trinajstić information content (AvgIpc) is 2.60. The van der Waals surface area contributed by atoms with Gasteiger partial charge in [0.25, 0.3) is 11.6 Å². The standard InChI is InChI=1S/C17H15ClN2O7S/c1-10-12(4-3-5-15(10)20(23)24)17(22)27-9-16(21)19-14-8-11(28(2,25)26)6-7-13(14)18/h3-8H,9H2,1-2H3,(H,19,21). The molecule has 0 aliphatic heterocycles. The normalized spacial score (nSPS) is 11.0. The highest BCUT2D eigenvalue weighted by molar-refractivity contribution is 7.90. The van der Waals surface area contributed by atoms with Crippen molar-refractivity contribution in [2.24, 2.45) is 0 Å². The number of rotatable bonds is 6. The number of hydrogen-bond donors (Lipinski definition) is 1. The van der Waals surface area contributed by atoms with Gasteiger partial charge in [0.05, 0.1) is 26.1 Å². The fraction of sp³-hybridized carbons (Fsp3) is 0.176. The first-order valence-electron chi connectivity index (χ1n) is 7.71. The second kappa shape index (κ2) is 8.36. The smallest absolute Gasteiger partial charge is 0.339 e. The van der Waals surface area contributed by atoms with Crippen LogP contribution in [-0.2, 0) is 19.4 Å². The molecule has 0 radical (unpaired) electrons.